The van der Waals surface area contributed by atoms with Gasteiger partial charge in [0.25, 0.3) is 5.91 Å². The highest BCUT2D eigenvalue weighted by molar-refractivity contribution is 7.10. The molecule has 1 amide bonds. The Balaban J connectivity index is 1.35. The topological polar surface area (TPSA) is 103 Å². The summed E-state index contributed by atoms with van der Waals surface area (Å²) in [6.07, 6.45) is 3.36. The number of ether oxygens (including phenoxy) is 1. The second kappa shape index (κ2) is 9.21. The van der Waals surface area contributed by atoms with Gasteiger partial charge in [-0.05, 0) is 37.1 Å². The van der Waals surface area contributed by atoms with Crippen molar-refractivity contribution in [2.24, 2.45) is 0 Å². The van der Waals surface area contributed by atoms with Crippen molar-refractivity contribution in [3.05, 3.63) is 70.5 Å². The lowest BCUT2D eigenvalue weighted by Crippen LogP contribution is -2.44. The molecule has 0 spiro atoms. The molecule has 9 heteroatoms. The molecule has 0 unspecified atom stereocenters. The first-order chi connectivity index (χ1) is 16.1. The first-order valence-electron chi connectivity index (χ1n) is 10.8. The molecular formula is C24H23N5O3S. The number of carbonyl (C=O) groups excluding carboxylic acids is 1. The van der Waals surface area contributed by atoms with E-state index in [-0.39, 0.29) is 11.3 Å². The van der Waals surface area contributed by atoms with E-state index in [0.29, 0.717) is 37.0 Å². The molecule has 0 atom stereocenters. The lowest BCUT2D eigenvalue weighted by atomic mass is 9.80. The molecule has 0 radical (unpaired) electrons. The minimum atomic E-state index is -0.270. The van der Waals surface area contributed by atoms with Crippen molar-refractivity contribution in [2.45, 2.75) is 25.2 Å². The minimum Gasteiger partial charge on any atom is -0.381 e. The van der Waals surface area contributed by atoms with Gasteiger partial charge in [-0.1, -0.05) is 23.4 Å². The maximum atomic E-state index is 13.0. The second-order valence-corrected chi connectivity index (χ2v) is 8.90. The number of thiazole rings is 1. The number of rotatable bonds is 6. The summed E-state index contributed by atoms with van der Waals surface area (Å²) in [5.41, 5.74) is 2.72. The molecule has 0 bridgehead atoms. The van der Waals surface area contributed by atoms with Gasteiger partial charge < -0.3 is 14.6 Å². The molecule has 168 valence electrons. The predicted molar refractivity (Wildman–Crippen MR) is 124 cm³/mol. The fourth-order valence-electron chi connectivity index (χ4n) is 3.95. The van der Waals surface area contributed by atoms with Crippen LogP contribution in [0.1, 0.15) is 34.1 Å². The van der Waals surface area contributed by atoms with E-state index in [1.165, 1.54) is 0 Å². The van der Waals surface area contributed by atoms with E-state index in [9.17, 15) is 4.79 Å². The number of nitrogens with one attached hydrogen (secondary N) is 1. The zero-order valence-electron chi connectivity index (χ0n) is 18.2. The van der Waals surface area contributed by atoms with Gasteiger partial charge in [0.05, 0.1) is 11.4 Å². The highest BCUT2D eigenvalue weighted by atomic mass is 32.1. The van der Waals surface area contributed by atoms with Crippen LogP contribution in [0.2, 0.25) is 0 Å². The molecule has 1 aliphatic heterocycles. The van der Waals surface area contributed by atoms with Crippen molar-refractivity contribution in [3.63, 3.8) is 0 Å². The normalized spacial score (nSPS) is 15.3. The highest BCUT2D eigenvalue weighted by Gasteiger charge is 2.38. The Hall–Kier alpha value is -3.43. The summed E-state index contributed by atoms with van der Waals surface area (Å²) < 4.78 is 10.7. The van der Waals surface area contributed by atoms with Gasteiger partial charge in [-0.25, -0.2) is 4.98 Å². The summed E-state index contributed by atoms with van der Waals surface area (Å²) >= 11 is 1.61. The molecule has 8 nitrogen and oxygen atoms in total. The number of pyridine rings is 1. The lowest BCUT2D eigenvalue weighted by Gasteiger charge is -2.35. The summed E-state index contributed by atoms with van der Waals surface area (Å²) in [5, 5.41) is 10.1. The number of hydrogen-bond acceptors (Lipinski definition) is 8. The molecule has 0 saturated carbocycles. The Labute approximate surface area is 195 Å². The van der Waals surface area contributed by atoms with Gasteiger partial charge in [-0.3, -0.25) is 9.78 Å². The van der Waals surface area contributed by atoms with Crippen LogP contribution in [-0.4, -0.2) is 45.8 Å². The molecule has 1 N–H and O–H groups in total. The average molecular weight is 462 g/mol. The molecule has 4 aromatic rings. The Kier molecular flexibility index (Phi) is 5.97. The van der Waals surface area contributed by atoms with Crippen molar-refractivity contribution >= 4 is 17.2 Å². The number of aryl methyl sites for hydroxylation is 1. The third-order valence-corrected chi connectivity index (χ3v) is 6.92. The predicted octanol–water partition coefficient (Wildman–Crippen LogP) is 4.04. The number of aromatic nitrogens is 4. The Morgan fingerprint density at radius 2 is 2.00 bits per heavy atom. The summed E-state index contributed by atoms with van der Waals surface area (Å²) in [6.45, 7) is 3.50. The van der Waals surface area contributed by atoms with E-state index in [2.05, 4.69) is 20.4 Å². The van der Waals surface area contributed by atoms with Crippen LogP contribution in [0.15, 0.2) is 58.6 Å². The number of amides is 1. The molecule has 3 aromatic heterocycles. The number of benzene rings is 1. The largest absolute Gasteiger partial charge is 0.381 e. The van der Waals surface area contributed by atoms with Crippen LogP contribution < -0.4 is 5.32 Å². The van der Waals surface area contributed by atoms with E-state index in [1.807, 2.05) is 35.7 Å². The quantitative estimate of drug-likeness (QED) is 0.462. The number of hydrogen-bond donors (Lipinski definition) is 1. The molecular weight excluding hydrogens is 438 g/mol. The first kappa shape index (κ1) is 21.4. The van der Waals surface area contributed by atoms with Crippen molar-refractivity contribution < 1.29 is 14.1 Å². The Morgan fingerprint density at radius 3 is 2.76 bits per heavy atom. The molecule has 5 rings (SSSR count). The fourth-order valence-corrected chi connectivity index (χ4v) is 5.02. The summed E-state index contributed by atoms with van der Waals surface area (Å²) in [4.78, 5) is 26.6. The Bertz CT molecular complexity index is 1250. The zero-order valence-corrected chi connectivity index (χ0v) is 19.0. The molecule has 33 heavy (non-hydrogen) atoms. The van der Waals surface area contributed by atoms with Crippen LogP contribution in [0, 0.1) is 6.92 Å². The highest BCUT2D eigenvalue weighted by Crippen LogP contribution is 2.37. The van der Waals surface area contributed by atoms with E-state index in [1.54, 1.807) is 36.6 Å². The molecule has 1 saturated heterocycles. The van der Waals surface area contributed by atoms with Crippen LogP contribution in [0.4, 0.5) is 0 Å². The molecule has 1 fully saturated rings. The van der Waals surface area contributed by atoms with Crippen LogP contribution in [0.3, 0.4) is 0 Å². The maximum Gasteiger partial charge on any atom is 0.251 e. The molecule has 1 aromatic carbocycles. The smallest absolute Gasteiger partial charge is 0.251 e. The molecule has 1 aliphatic rings. The van der Waals surface area contributed by atoms with Crippen molar-refractivity contribution in [1.29, 1.82) is 0 Å². The van der Waals surface area contributed by atoms with Crippen molar-refractivity contribution in [2.75, 3.05) is 19.8 Å². The van der Waals surface area contributed by atoms with E-state index in [4.69, 9.17) is 14.2 Å². The van der Waals surface area contributed by atoms with Crippen molar-refractivity contribution in [3.8, 4) is 22.8 Å². The SMILES string of the molecule is Cc1nc(-c2cccc(C(=O)NCC3(c4nc(-c5ccccn5)cs4)CCOCC3)c2)no1. The summed E-state index contributed by atoms with van der Waals surface area (Å²) in [5.74, 6) is 0.798. The van der Waals surface area contributed by atoms with Crippen LogP contribution in [0.25, 0.3) is 22.8 Å². The van der Waals surface area contributed by atoms with Crippen LogP contribution in [-0.2, 0) is 10.2 Å². The van der Waals surface area contributed by atoms with Gasteiger partial charge in [-0.2, -0.15) is 4.98 Å². The maximum absolute atomic E-state index is 13.0. The first-order valence-corrected chi connectivity index (χ1v) is 11.7. The van der Waals surface area contributed by atoms with E-state index >= 15 is 0 Å². The van der Waals surface area contributed by atoms with E-state index < -0.39 is 0 Å². The number of carbonyl (C=O) groups is 1. The minimum absolute atomic E-state index is 0.149. The van der Waals surface area contributed by atoms with Crippen LogP contribution >= 0.6 is 11.3 Å². The van der Waals surface area contributed by atoms with Gasteiger partial charge in [0.15, 0.2) is 0 Å². The lowest BCUT2D eigenvalue weighted by molar-refractivity contribution is 0.0486. The van der Waals surface area contributed by atoms with Gasteiger partial charge in [0, 0.05) is 54.8 Å². The van der Waals surface area contributed by atoms with Gasteiger partial charge in [0.1, 0.15) is 5.01 Å². The third kappa shape index (κ3) is 4.55. The van der Waals surface area contributed by atoms with Crippen LogP contribution in [0.5, 0.6) is 0 Å². The van der Waals surface area contributed by atoms with Gasteiger partial charge in [0.2, 0.25) is 11.7 Å². The summed E-state index contributed by atoms with van der Waals surface area (Å²) in [7, 11) is 0. The number of nitrogens with zero attached hydrogens (tertiary/aromatic N) is 4. The average Bonchev–Trinajstić information content (AvgIpc) is 3.54. The molecule has 4 heterocycles. The Morgan fingerprint density at radius 1 is 1.12 bits per heavy atom. The summed E-state index contributed by atoms with van der Waals surface area (Å²) in [6, 6.07) is 13.0. The molecule has 0 aliphatic carbocycles. The zero-order chi connectivity index (χ0) is 22.7. The van der Waals surface area contributed by atoms with Gasteiger partial charge in [-0.15, -0.1) is 11.3 Å². The monoisotopic (exact) mass is 461 g/mol. The van der Waals surface area contributed by atoms with Gasteiger partial charge >= 0.3 is 0 Å². The fraction of sp³-hybridized carbons (Fsp3) is 0.292. The van der Waals surface area contributed by atoms with E-state index in [0.717, 1.165) is 34.8 Å². The standard InChI is InChI=1S/C24H23N5O3S/c1-16-27-21(29-32-16)17-5-4-6-18(13-17)22(30)26-15-24(8-11-31-12-9-24)23-28-20(14-33-23)19-7-2-3-10-25-19/h2-7,10,13-14H,8-9,11-12,15H2,1H3,(H,26,30). The van der Waals surface area contributed by atoms with Crippen molar-refractivity contribution in [1.82, 2.24) is 25.4 Å². The second-order valence-electron chi connectivity index (χ2n) is 8.05. The third-order valence-electron chi connectivity index (χ3n) is 5.83.